The Bertz CT molecular complexity index is 778. The summed E-state index contributed by atoms with van der Waals surface area (Å²) in [5, 5.41) is 2.12. The van der Waals surface area contributed by atoms with Crippen molar-refractivity contribution in [3.05, 3.63) is 76.0 Å². The van der Waals surface area contributed by atoms with Gasteiger partial charge in [-0.15, -0.1) is 11.3 Å². The maximum atomic E-state index is 6.05. The van der Waals surface area contributed by atoms with Crippen molar-refractivity contribution in [3.63, 3.8) is 0 Å². The highest BCUT2D eigenvalue weighted by Crippen LogP contribution is 2.48. The van der Waals surface area contributed by atoms with Crippen LogP contribution in [0.15, 0.2) is 60.0 Å². The third-order valence-corrected chi connectivity index (χ3v) is 4.74. The Balaban J connectivity index is 1.96. The van der Waals surface area contributed by atoms with Crippen molar-refractivity contribution in [2.45, 2.75) is 5.92 Å². The fourth-order valence-electron chi connectivity index (χ4n) is 2.83. The molecule has 3 heteroatoms. The molecule has 0 bridgehead atoms. The minimum atomic E-state index is 0.208. The van der Waals surface area contributed by atoms with Gasteiger partial charge in [0.2, 0.25) is 0 Å². The van der Waals surface area contributed by atoms with E-state index in [2.05, 4.69) is 35.7 Å². The maximum Gasteiger partial charge on any atom is 0.131 e. The molecule has 2 nitrogen and oxygen atoms in total. The van der Waals surface area contributed by atoms with Crippen LogP contribution < -0.4 is 9.47 Å². The zero-order valence-electron chi connectivity index (χ0n) is 11.6. The number of thiophene rings is 1. The highest BCUT2D eigenvalue weighted by Gasteiger charge is 2.29. The van der Waals surface area contributed by atoms with E-state index in [0.29, 0.717) is 0 Å². The van der Waals surface area contributed by atoms with Gasteiger partial charge < -0.3 is 9.47 Å². The van der Waals surface area contributed by atoms with E-state index in [1.165, 1.54) is 10.4 Å². The summed E-state index contributed by atoms with van der Waals surface area (Å²) in [6.45, 7) is 0. The zero-order chi connectivity index (χ0) is 14.2. The van der Waals surface area contributed by atoms with Crippen LogP contribution in [0.25, 0.3) is 0 Å². The summed E-state index contributed by atoms with van der Waals surface area (Å²) in [5.41, 5.74) is 2.37. The Morgan fingerprint density at radius 3 is 2.62 bits per heavy atom. The van der Waals surface area contributed by atoms with Crippen molar-refractivity contribution >= 4 is 11.3 Å². The van der Waals surface area contributed by atoms with E-state index in [1.54, 1.807) is 18.4 Å². The molecular formula is C18H14O2S. The number of ether oxygens (including phenoxy) is 2. The predicted octanol–water partition coefficient (Wildman–Crippen LogP) is 5.04. The Morgan fingerprint density at radius 2 is 1.81 bits per heavy atom. The highest BCUT2D eigenvalue weighted by atomic mass is 32.1. The first kappa shape index (κ1) is 12.5. The lowest BCUT2D eigenvalue weighted by atomic mass is 9.87. The van der Waals surface area contributed by atoms with Crippen LogP contribution >= 0.6 is 11.3 Å². The fraction of sp³-hybridized carbons (Fsp3) is 0.111. The van der Waals surface area contributed by atoms with E-state index in [4.69, 9.17) is 9.47 Å². The number of para-hydroxylation sites is 1. The van der Waals surface area contributed by atoms with Gasteiger partial charge in [0.25, 0.3) is 0 Å². The number of methoxy groups -OCH3 is 1. The molecule has 0 amide bonds. The first-order valence-corrected chi connectivity index (χ1v) is 7.73. The first-order chi connectivity index (χ1) is 10.4. The number of hydrogen-bond acceptors (Lipinski definition) is 3. The smallest absolute Gasteiger partial charge is 0.131 e. The molecule has 1 unspecified atom stereocenters. The highest BCUT2D eigenvalue weighted by molar-refractivity contribution is 7.10. The lowest BCUT2D eigenvalue weighted by Gasteiger charge is -2.28. The minimum absolute atomic E-state index is 0.208. The van der Waals surface area contributed by atoms with Gasteiger partial charge >= 0.3 is 0 Å². The van der Waals surface area contributed by atoms with Crippen LogP contribution in [0, 0.1) is 0 Å². The lowest BCUT2D eigenvalue weighted by molar-refractivity contribution is 0.409. The molecule has 0 spiro atoms. The summed E-state index contributed by atoms with van der Waals surface area (Å²) in [6, 6.07) is 18.5. The molecule has 1 aliphatic heterocycles. The molecule has 0 saturated carbocycles. The SMILES string of the molecule is COc1ccc2c(c1)C(c1cccs1)c1ccccc1O2. The van der Waals surface area contributed by atoms with E-state index in [1.807, 2.05) is 24.3 Å². The quantitative estimate of drug-likeness (QED) is 0.515. The monoisotopic (exact) mass is 294 g/mol. The van der Waals surface area contributed by atoms with Crippen molar-refractivity contribution < 1.29 is 9.47 Å². The topological polar surface area (TPSA) is 18.5 Å². The molecule has 3 aromatic rings. The average molecular weight is 294 g/mol. The fourth-order valence-corrected chi connectivity index (χ4v) is 3.69. The van der Waals surface area contributed by atoms with E-state index in [9.17, 15) is 0 Å². The van der Waals surface area contributed by atoms with Crippen LogP contribution in [-0.2, 0) is 0 Å². The Kier molecular flexibility index (Phi) is 2.93. The zero-order valence-corrected chi connectivity index (χ0v) is 12.4. The Hall–Kier alpha value is -2.26. The van der Waals surface area contributed by atoms with E-state index < -0.39 is 0 Å². The maximum absolute atomic E-state index is 6.05. The summed E-state index contributed by atoms with van der Waals surface area (Å²) in [6.07, 6.45) is 0. The molecule has 21 heavy (non-hydrogen) atoms. The molecular weight excluding hydrogens is 280 g/mol. The van der Waals surface area contributed by atoms with Gasteiger partial charge in [-0.3, -0.25) is 0 Å². The van der Waals surface area contributed by atoms with Gasteiger partial charge in [-0.25, -0.2) is 0 Å². The van der Waals surface area contributed by atoms with Crippen molar-refractivity contribution in [1.82, 2.24) is 0 Å². The molecule has 0 aliphatic carbocycles. The molecule has 0 saturated heterocycles. The van der Waals surface area contributed by atoms with Crippen molar-refractivity contribution in [3.8, 4) is 17.2 Å². The van der Waals surface area contributed by atoms with Gasteiger partial charge in [0.15, 0.2) is 0 Å². The van der Waals surface area contributed by atoms with Crippen molar-refractivity contribution in [2.24, 2.45) is 0 Å². The second kappa shape index (κ2) is 4.93. The van der Waals surface area contributed by atoms with Gasteiger partial charge in [0.1, 0.15) is 17.2 Å². The van der Waals surface area contributed by atoms with Gasteiger partial charge in [-0.1, -0.05) is 24.3 Å². The van der Waals surface area contributed by atoms with Gasteiger partial charge in [-0.05, 0) is 35.7 Å². The molecule has 0 radical (unpaired) electrons. The van der Waals surface area contributed by atoms with E-state index in [-0.39, 0.29) is 5.92 Å². The number of benzene rings is 2. The van der Waals surface area contributed by atoms with E-state index >= 15 is 0 Å². The van der Waals surface area contributed by atoms with Crippen LogP contribution in [0.5, 0.6) is 17.2 Å². The van der Waals surface area contributed by atoms with Gasteiger partial charge in [0.05, 0.1) is 13.0 Å². The number of fused-ring (bicyclic) bond motifs is 2. The summed E-state index contributed by atoms with van der Waals surface area (Å²) >= 11 is 1.77. The van der Waals surface area contributed by atoms with Crippen LogP contribution in [0.1, 0.15) is 21.9 Å². The van der Waals surface area contributed by atoms with Crippen LogP contribution in [-0.4, -0.2) is 7.11 Å². The summed E-state index contributed by atoms with van der Waals surface area (Å²) in [7, 11) is 1.69. The summed E-state index contributed by atoms with van der Waals surface area (Å²) < 4.78 is 11.4. The Labute approximate surface area is 127 Å². The van der Waals surface area contributed by atoms with Crippen molar-refractivity contribution in [2.75, 3.05) is 7.11 Å². The van der Waals surface area contributed by atoms with Crippen LogP contribution in [0.2, 0.25) is 0 Å². The molecule has 4 rings (SSSR count). The molecule has 0 fully saturated rings. The molecule has 1 aromatic heterocycles. The predicted molar refractivity (Wildman–Crippen MR) is 84.8 cm³/mol. The third-order valence-electron chi connectivity index (χ3n) is 3.81. The standard InChI is InChI=1S/C18H14O2S/c1-19-12-8-9-16-14(11-12)18(17-7-4-10-21-17)13-5-2-3-6-15(13)20-16/h2-11,18H,1H3. The second-order valence-corrected chi connectivity index (χ2v) is 5.97. The molecule has 0 N–H and O–H groups in total. The van der Waals surface area contributed by atoms with E-state index in [0.717, 1.165) is 22.8 Å². The summed E-state index contributed by atoms with van der Waals surface area (Å²) in [5.74, 6) is 2.92. The largest absolute Gasteiger partial charge is 0.497 e. The number of hydrogen-bond donors (Lipinski definition) is 0. The average Bonchev–Trinajstić information content (AvgIpc) is 3.06. The number of rotatable bonds is 2. The molecule has 1 atom stereocenters. The molecule has 104 valence electrons. The molecule has 2 aromatic carbocycles. The van der Waals surface area contributed by atoms with Crippen LogP contribution in [0.4, 0.5) is 0 Å². The summed E-state index contributed by atoms with van der Waals surface area (Å²) in [4.78, 5) is 1.32. The molecule has 1 aliphatic rings. The third kappa shape index (κ3) is 2.01. The molecule has 2 heterocycles. The van der Waals surface area contributed by atoms with Crippen LogP contribution in [0.3, 0.4) is 0 Å². The Morgan fingerprint density at radius 1 is 0.952 bits per heavy atom. The lowest BCUT2D eigenvalue weighted by Crippen LogP contribution is -2.10. The van der Waals surface area contributed by atoms with Crippen molar-refractivity contribution in [1.29, 1.82) is 0 Å². The minimum Gasteiger partial charge on any atom is -0.497 e. The second-order valence-electron chi connectivity index (χ2n) is 4.99. The van der Waals surface area contributed by atoms with Gasteiger partial charge in [-0.2, -0.15) is 0 Å². The first-order valence-electron chi connectivity index (χ1n) is 6.85. The van der Waals surface area contributed by atoms with Gasteiger partial charge in [0, 0.05) is 16.0 Å². The normalized spacial score (nSPS) is 15.8.